The third-order valence-corrected chi connectivity index (χ3v) is 4.33. The number of anilines is 3. The number of benzene rings is 1. The number of carbonyl (C=O) groups is 1. The second-order valence-corrected chi connectivity index (χ2v) is 6.35. The van der Waals surface area contributed by atoms with Crippen LogP contribution >= 0.6 is 0 Å². The van der Waals surface area contributed by atoms with Gasteiger partial charge in [-0.05, 0) is 64.4 Å². The first-order valence-electron chi connectivity index (χ1n) is 9.25. The highest BCUT2D eigenvalue weighted by atomic mass is 16.1. The summed E-state index contributed by atoms with van der Waals surface area (Å²) in [4.78, 5) is 23.5. The molecular weight excluding hydrogens is 326 g/mol. The molecule has 2 rings (SSSR count). The molecule has 2 aromatic rings. The molecule has 0 bridgehead atoms. The summed E-state index contributed by atoms with van der Waals surface area (Å²) in [5, 5.41) is 6.12. The predicted molar refractivity (Wildman–Crippen MR) is 108 cm³/mol. The molecule has 1 aromatic carbocycles. The highest BCUT2D eigenvalue weighted by Gasteiger charge is 2.12. The van der Waals surface area contributed by atoms with E-state index in [1.807, 2.05) is 31.2 Å². The fourth-order valence-electron chi connectivity index (χ4n) is 2.61. The van der Waals surface area contributed by atoms with Crippen LogP contribution in [0.1, 0.15) is 50.3 Å². The maximum absolute atomic E-state index is 12.6. The van der Waals surface area contributed by atoms with Gasteiger partial charge < -0.3 is 15.5 Å². The van der Waals surface area contributed by atoms with E-state index in [-0.39, 0.29) is 11.9 Å². The van der Waals surface area contributed by atoms with Crippen molar-refractivity contribution in [2.45, 2.75) is 47.1 Å². The van der Waals surface area contributed by atoms with Crippen molar-refractivity contribution in [3.05, 3.63) is 41.7 Å². The number of nitrogens with zero attached hydrogens (tertiary/aromatic N) is 3. The monoisotopic (exact) mass is 355 g/mol. The third kappa shape index (κ3) is 5.18. The number of nitrogens with one attached hydrogen (secondary N) is 2. The van der Waals surface area contributed by atoms with Crippen LogP contribution in [0.3, 0.4) is 0 Å². The maximum Gasteiger partial charge on any atom is 0.274 e. The van der Waals surface area contributed by atoms with Gasteiger partial charge in [-0.2, -0.15) is 0 Å². The molecule has 0 aliphatic carbocycles. The van der Waals surface area contributed by atoms with Gasteiger partial charge in [-0.1, -0.05) is 6.92 Å². The van der Waals surface area contributed by atoms with Crippen LogP contribution in [0.2, 0.25) is 0 Å². The van der Waals surface area contributed by atoms with E-state index in [1.54, 1.807) is 6.07 Å². The molecular formula is C20H29N5O. The van der Waals surface area contributed by atoms with Gasteiger partial charge in [0.25, 0.3) is 5.91 Å². The van der Waals surface area contributed by atoms with Crippen molar-refractivity contribution in [1.82, 2.24) is 9.97 Å². The summed E-state index contributed by atoms with van der Waals surface area (Å²) in [6.45, 7) is 12.2. The van der Waals surface area contributed by atoms with Crippen LogP contribution in [0.4, 0.5) is 17.3 Å². The molecule has 1 atom stereocenters. The first-order chi connectivity index (χ1) is 12.5. The molecule has 6 heteroatoms. The number of hydrogen-bond acceptors (Lipinski definition) is 5. The normalized spacial score (nSPS) is 11.7. The summed E-state index contributed by atoms with van der Waals surface area (Å²) in [6, 6.07) is 9.81. The zero-order chi connectivity index (χ0) is 19.1. The van der Waals surface area contributed by atoms with E-state index in [0.29, 0.717) is 11.6 Å². The summed E-state index contributed by atoms with van der Waals surface area (Å²) >= 11 is 0. The van der Waals surface area contributed by atoms with Gasteiger partial charge in [-0.25, -0.2) is 9.97 Å². The second-order valence-electron chi connectivity index (χ2n) is 6.35. The van der Waals surface area contributed by atoms with Gasteiger partial charge in [0.2, 0.25) is 5.95 Å². The molecule has 0 saturated carbocycles. The molecule has 0 radical (unpaired) electrons. The Morgan fingerprint density at radius 3 is 2.35 bits per heavy atom. The minimum Gasteiger partial charge on any atom is -0.372 e. The lowest BCUT2D eigenvalue weighted by molar-refractivity contribution is 0.102. The first-order valence-corrected chi connectivity index (χ1v) is 9.25. The van der Waals surface area contributed by atoms with Crippen molar-refractivity contribution in [3.8, 4) is 0 Å². The summed E-state index contributed by atoms with van der Waals surface area (Å²) in [6.07, 6.45) is 0.956. The molecule has 0 spiro atoms. The quantitative estimate of drug-likeness (QED) is 0.746. The number of amides is 1. The standard InChI is InChI=1S/C20H29N5O/c1-6-14(4)21-20-22-15(5)13-18(24-20)19(26)23-16-9-11-17(12-10-16)25(7-2)8-3/h9-14H,6-8H2,1-5H3,(H,23,26)(H,21,22,24). The van der Waals surface area contributed by atoms with Gasteiger partial charge in [0.05, 0.1) is 0 Å². The van der Waals surface area contributed by atoms with Crippen LogP contribution in [0.25, 0.3) is 0 Å². The van der Waals surface area contributed by atoms with Gasteiger partial charge in [0.15, 0.2) is 0 Å². The van der Waals surface area contributed by atoms with E-state index < -0.39 is 0 Å². The van der Waals surface area contributed by atoms with Gasteiger partial charge in [0.1, 0.15) is 5.69 Å². The smallest absolute Gasteiger partial charge is 0.274 e. The number of aryl methyl sites for hydroxylation is 1. The summed E-state index contributed by atoms with van der Waals surface area (Å²) in [5.74, 6) is 0.250. The highest BCUT2D eigenvalue weighted by molar-refractivity contribution is 6.03. The lowest BCUT2D eigenvalue weighted by Gasteiger charge is -2.21. The van der Waals surface area contributed by atoms with Crippen molar-refractivity contribution < 1.29 is 4.79 Å². The maximum atomic E-state index is 12.6. The molecule has 0 aliphatic rings. The molecule has 26 heavy (non-hydrogen) atoms. The molecule has 1 unspecified atom stereocenters. The summed E-state index contributed by atoms with van der Waals surface area (Å²) in [5.41, 5.74) is 3.01. The van der Waals surface area contributed by atoms with Gasteiger partial charge in [0, 0.05) is 36.2 Å². The Morgan fingerprint density at radius 1 is 1.12 bits per heavy atom. The average Bonchev–Trinajstić information content (AvgIpc) is 2.63. The van der Waals surface area contributed by atoms with E-state index in [2.05, 4.69) is 53.2 Å². The fourth-order valence-corrected chi connectivity index (χ4v) is 2.61. The van der Waals surface area contributed by atoms with Crippen LogP contribution in [0.5, 0.6) is 0 Å². The van der Waals surface area contributed by atoms with E-state index in [1.165, 1.54) is 0 Å². The molecule has 1 heterocycles. The van der Waals surface area contributed by atoms with E-state index in [0.717, 1.165) is 36.6 Å². The molecule has 1 aromatic heterocycles. The van der Waals surface area contributed by atoms with Gasteiger partial charge in [-0.15, -0.1) is 0 Å². The molecule has 2 N–H and O–H groups in total. The lowest BCUT2D eigenvalue weighted by Crippen LogP contribution is -2.22. The Labute approximate surface area is 156 Å². The topological polar surface area (TPSA) is 70.2 Å². The van der Waals surface area contributed by atoms with Crippen LogP contribution < -0.4 is 15.5 Å². The highest BCUT2D eigenvalue weighted by Crippen LogP contribution is 2.18. The number of aromatic nitrogens is 2. The van der Waals surface area contributed by atoms with Crippen molar-refractivity contribution in [2.75, 3.05) is 28.6 Å². The Kier molecular flexibility index (Phi) is 6.95. The average molecular weight is 355 g/mol. The van der Waals surface area contributed by atoms with Gasteiger partial charge >= 0.3 is 0 Å². The predicted octanol–water partition coefficient (Wildman–Crippen LogP) is 4.09. The number of carbonyl (C=O) groups excluding carboxylic acids is 1. The van der Waals surface area contributed by atoms with E-state index in [4.69, 9.17) is 0 Å². The second kappa shape index (κ2) is 9.17. The SMILES string of the molecule is CCC(C)Nc1nc(C)cc(C(=O)Nc2ccc(N(CC)CC)cc2)n1. The number of rotatable bonds is 8. The van der Waals surface area contributed by atoms with E-state index in [9.17, 15) is 4.79 Å². The minimum absolute atomic E-state index is 0.238. The first kappa shape index (κ1) is 19.7. The molecule has 6 nitrogen and oxygen atoms in total. The molecule has 0 saturated heterocycles. The lowest BCUT2D eigenvalue weighted by atomic mass is 10.2. The van der Waals surface area contributed by atoms with Crippen LogP contribution in [0.15, 0.2) is 30.3 Å². The Balaban J connectivity index is 2.12. The molecule has 1 amide bonds. The van der Waals surface area contributed by atoms with Crippen molar-refractivity contribution in [3.63, 3.8) is 0 Å². The zero-order valence-electron chi connectivity index (χ0n) is 16.3. The minimum atomic E-state index is -0.238. The Bertz CT molecular complexity index is 725. The van der Waals surface area contributed by atoms with E-state index >= 15 is 0 Å². The van der Waals surface area contributed by atoms with Crippen LogP contribution in [0, 0.1) is 6.92 Å². The molecule has 0 fully saturated rings. The summed E-state index contributed by atoms with van der Waals surface area (Å²) < 4.78 is 0. The fraction of sp³-hybridized carbons (Fsp3) is 0.450. The van der Waals surface area contributed by atoms with Crippen molar-refractivity contribution in [2.24, 2.45) is 0 Å². The summed E-state index contributed by atoms with van der Waals surface area (Å²) in [7, 11) is 0. The third-order valence-electron chi connectivity index (χ3n) is 4.33. The van der Waals surface area contributed by atoms with Crippen molar-refractivity contribution in [1.29, 1.82) is 0 Å². The zero-order valence-corrected chi connectivity index (χ0v) is 16.3. The van der Waals surface area contributed by atoms with Crippen molar-refractivity contribution >= 4 is 23.2 Å². The molecule has 140 valence electrons. The Morgan fingerprint density at radius 2 is 1.77 bits per heavy atom. The van der Waals surface area contributed by atoms with Crippen LogP contribution in [-0.4, -0.2) is 35.0 Å². The van der Waals surface area contributed by atoms with Gasteiger partial charge in [-0.3, -0.25) is 4.79 Å². The van der Waals surface area contributed by atoms with Crippen LogP contribution in [-0.2, 0) is 0 Å². The Hall–Kier alpha value is -2.63. The largest absolute Gasteiger partial charge is 0.372 e. The number of hydrogen-bond donors (Lipinski definition) is 2. The molecule has 0 aliphatic heterocycles.